The molecule has 0 radical (unpaired) electrons. The molecule has 2 N–H and O–H groups in total. The third kappa shape index (κ3) is 7.05. The van der Waals surface area contributed by atoms with Crippen LogP contribution in [0.3, 0.4) is 0 Å². The number of pyridine rings is 1. The van der Waals surface area contributed by atoms with Gasteiger partial charge in [0.1, 0.15) is 11.6 Å². The number of aryl methyl sites for hydroxylation is 2. The van der Waals surface area contributed by atoms with E-state index in [-0.39, 0.29) is 11.5 Å². The number of nitrogens with one attached hydrogen (secondary N) is 2. The highest BCUT2D eigenvalue weighted by Gasteiger charge is 2.34. The van der Waals surface area contributed by atoms with Crippen molar-refractivity contribution in [1.82, 2.24) is 9.88 Å². The zero-order valence-corrected chi connectivity index (χ0v) is 23.5. The van der Waals surface area contributed by atoms with E-state index in [4.69, 9.17) is 4.74 Å². The van der Waals surface area contributed by atoms with Gasteiger partial charge in [0.2, 0.25) is 5.91 Å². The highest BCUT2D eigenvalue weighted by atomic mass is 16.6. The monoisotopic (exact) mass is 537 g/mol. The summed E-state index contributed by atoms with van der Waals surface area (Å²) in [6.45, 7) is 7.23. The van der Waals surface area contributed by atoms with Crippen molar-refractivity contribution in [3.63, 3.8) is 0 Å². The summed E-state index contributed by atoms with van der Waals surface area (Å²) in [5, 5.41) is 5.82. The highest BCUT2D eigenvalue weighted by Crippen LogP contribution is 2.30. The van der Waals surface area contributed by atoms with Gasteiger partial charge in [0.15, 0.2) is 0 Å². The Morgan fingerprint density at radius 3 is 1.93 bits per heavy atom. The van der Waals surface area contributed by atoms with Crippen LogP contribution in [0, 0.1) is 6.92 Å². The fraction of sp³-hybridized carbons (Fsp3) is 0.242. The molecule has 1 atom stereocenters. The number of amides is 2. The Labute approximate surface area is 234 Å². The molecule has 206 valence electrons. The normalized spacial score (nSPS) is 12.1. The first-order valence-electron chi connectivity index (χ1n) is 13.2. The van der Waals surface area contributed by atoms with E-state index in [0.717, 1.165) is 27.8 Å². The molecule has 0 unspecified atom stereocenters. The Balaban J connectivity index is 1.67. The second-order valence-electron chi connectivity index (χ2n) is 10.8. The van der Waals surface area contributed by atoms with Crippen molar-refractivity contribution in [3.05, 3.63) is 124 Å². The smallest absolute Gasteiger partial charge is 0.408 e. The number of ether oxygens (including phenoxy) is 1. The molecule has 4 rings (SSSR count). The Bertz CT molecular complexity index is 1480. The van der Waals surface area contributed by atoms with Crippen LogP contribution in [-0.4, -0.2) is 28.2 Å². The van der Waals surface area contributed by atoms with Gasteiger partial charge in [0.25, 0.3) is 5.56 Å². The van der Waals surface area contributed by atoms with Crippen LogP contribution in [0.15, 0.2) is 102 Å². The summed E-state index contributed by atoms with van der Waals surface area (Å²) in [6, 6.07) is 27.3. The van der Waals surface area contributed by atoms with Crippen molar-refractivity contribution >= 4 is 17.7 Å². The molecular formula is C33H35N3O4. The maximum atomic E-state index is 13.9. The van der Waals surface area contributed by atoms with Crippen LogP contribution in [0.2, 0.25) is 0 Å². The lowest BCUT2D eigenvalue weighted by molar-refractivity contribution is -0.118. The van der Waals surface area contributed by atoms with Gasteiger partial charge in [-0.25, -0.2) is 4.79 Å². The molecule has 0 saturated heterocycles. The van der Waals surface area contributed by atoms with Crippen molar-refractivity contribution in [2.45, 2.75) is 45.3 Å². The molecule has 7 nitrogen and oxygen atoms in total. The number of rotatable bonds is 7. The second-order valence-corrected chi connectivity index (χ2v) is 10.8. The van der Waals surface area contributed by atoms with Gasteiger partial charge in [-0.15, -0.1) is 0 Å². The van der Waals surface area contributed by atoms with E-state index in [0.29, 0.717) is 5.69 Å². The average molecular weight is 538 g/mol. The Morgan fingerprint density at radius 2 is 1.40 bits per heavy atom. The number of alkyl carbamates (subject to hydrolysis) is 1. The number of anilines is 1. The SMILES string of the molecule is Cc1cc(=O)n(C)cc1-c1ccc(NC(=O)[C@@H](NC(=O)OC(C)(C)C)C(c2ccccc2)c2ccccc2)cc1. The van der Waals surface area contributed by atoms with Gasteiger partial charge in [-0.3, -0.25) is 9.59 Å². The lowest BCUT2D eigenvalue weighted by Gasteiger charge is -2.29. The zero-order valence-electron chi connectivity index (χ0n) is 23.5. The Morgan fingerprint density at radius 1 is 0.850 bits per heavy atom. The van der Waals surface area contributed by atoms with Crippen molar-refractivity contribution < 1.29 is 14.3 Å². The lowest BCUT2D eigenvalue weighted by atomic mass is 9.84. The molecule has 3 aromatic carbocycles. The summed E-state index contributed by atoms with van der Waals surface area (Å²) in [7, 11) is 1.72. The molecule has 4 aromatic rings. The van der Waals surface area contributed by atoms with Crippen LogP contribution in [0.25, 0.3) is 11.1 Å². The second kappa shape index (κ2) is 12.0. The van der Waals surface area contributed by atoms with E-state index in [1.807, 2.05) is 91.9 Å². The minimum atomic E-state index is -0.967. The first-order valence-corrected chi connectivity index (χ1v) is 13.2. The van der Waals surface area contributed by atoms with E-state index in [9.17, 15) is 14.4 Å². The molecule has 0 spiro atoms. The van der Waals surface area contributed by atoms with Crippen LogP contribution < -0.4 is 16.2 Å². The lowest BCUT2D eigenvalue weighted by Crippen LogP contribution is -2.49. The van der Waals surface area contributed by atoms with E-state index in [1.165, 1.54) is 4.57 Å². The highest BCUT2D eigenvalue weighted by molar-refractivity contribution is 5.98. The maximum absolute atomic E-state index is 13.9. The van der Waals surface area contributed by atoms with Crippen molar-refractivity contribution in [2.24, 2.45) is 7.05 Å². The third-order valence-electron chi connectivity index (χ3n) is 6.50. The molecule has 0 aliphatic carbocycles. The minimum absolute atomic E-state index is 0.0694. The molecule has 0 aliphatic heterocycles. The molecule has 7 heteroatoms. The number of nitrogens with zero attached hydrogens (tertiary/aromatic N) is 1. The third-order valence-corrected chi connectivity index (χ3v) is 6.50. The van der Waals surface area contributed by atoms with E-state index in [2.05, 4.69) is 10.6 Å². The van der Waals surface area contributed by atoms with Gasteiger partial charge in [0.05, 0.1) is 0 Å². The predicted octanol–water partition coefficient (Wildman–Crippen LogP) is 6.02. The molecule has 1 aromatic heterocycles. The van der Waals surface area contributed by atoms with Gasteiger partial charge in [0, 0.05) is 36.5 Å². The van der Waals surface area contributed by atoms with Crippen molar-refractivity contribution in [2.75, 3.05) is 5.32 Å². The summed E-state index contributed by atoms with van der Waals surface area (Å²) in [4.78, 5) is 38.8. The Hall–Kier alpha value is -4.65. The van der Waals surface area contributed by atoms with Crippen LogP contribution in [0.4, 0.5) is 10.5 Å². The van der Waals surface area contributed by atoms with Gasteiger partial charge in [-0.05, 0) is 62.1 Å². The number of hydrogen-bond donors (Lipinski definition) is 2. The average Bonchev–Trinajstić information content (AvgIpc) is 2.91. The maximum Gasteiger partial charge on any atom is 0.408 e. The van der Waals surface area contributed by atoms with Crippen LogP contribution in [-0.2, 0) is 16.6 Å². The molecule has 2 amide bonds. The standard InChI is InChI=1S/C33H35N3O4/c1-22-20-28(37)36(5)21-27(22)23-16-18-26(19-17-23)34-31(38)30(35-32(39)40-33(2,3)4)29(24-12-8-6-9-13-24)25-14-10-7-11-15-25/h6-21,29-30H,1-5H3,(H,34,38)(H,35,39)/t30-/m0/s1. The van der Waals surface area contributed by atoms with Crippen LogP contribution in [0.1, 0.15) is 43.4 Å². The molecule has 0 bridgehead atoms. The molecule has 0 saturated carbocycles. The fourth-order valence-corrected chi connectivity index (χ4v) is 4.61. The summed E-state index contributed by atoms with van der Waals surface area (Å²) >= 11 is 0. The number of carbonyl (C=O) groups is 2. The molecule has 40 heavy (non-hydrogen) atoms. The number of hydrogen-bond acceptors (Lipinski definition) is 4. The van der Waals surface area contributed by atoms with Crippen molar-refractivity contribution in [3.8, 4) is 11.1 Å². The van der Waals surface area contributed by atoms with Gasteiger partial charge < -0.3 is 19.9 Å². The number of aromatic nitrogens is 1. The Kier molecular flexibility index (Phi) is 8.53. The first kappa shape index (κ1) is 28.4. The van der Waals surface area contributed by atoms with E-state index in [1.54, 1.807) is 40.1 Å². The van der Waals surface area contributed by atoms with E-state index < -0.39 is 23.7 Å². The molecular weight excluding hydrogens is 502 g/mol. The van der Waals surface area contributed by atoms with Crippen LogP contribution in [0.5, 0.6) is 0 Å². The quantitative estimate of drug-likeness (QED) is 0.302. The summed E-state index contributed by atoms with van der Waals surface area (Å²) in [6.07, 6.45) is 1.13. The first-order chi connectivity index (χ1) is 19.0. The fourth-order valence-electron chi connectivity index (χ4n) is 4.61. The largest absolute Gasteiger partial charge is 0.444 e. The summed E-state index contributed by atoms with van der Waals surface area (Å²) < 4.78 is 7.07. The topological polar surface area (TPSA) is 89.4 Å². The number of benzene rings is 3. The number of carbonyl (C=O) groups excluding carboxylic acids is 2. The van der Waals surface area contributed by atoms with Gasteiger partial charge >= 0.3 is 6.09 Å². The molecule has 0 fully saturated rings. The molecule has 0 aliphatic rings. The van der Waals surface area contributed by atoms with Gasteiger partial charge in [-0.2, -0.15) is 0 Å². The predicted molar refractivity (Wildman–Crippen MR) is 158 cm³/mol. The zero-order chi connectivity index (χ0) is 28.9. The van der Waals surface area contributed by atoms with Crippen molar-refractivity contribution in [1.29, 1.82) is 0 Å². The minimum Gasteiger partial charge on any atom is -0.444 e. The summed E-state index contributed by atoms with van der Waals surface area (Å²) in [5.74, 6) is -0.850. The van der Waals surface area contributed by atoms with Gasteiger partial charge in [-0.1, -0.05) is 72.8 Å². The summed E-state index contributed by atoms with van der Waals surface area (Å²) in [5.41, 5.74) is 4.26. The van der Waals surface area contributed by atoms with E-state index >= 15 is 0 Å². The molecule has 1 heterocycles. The van der Waals surface area contributed by atoms with Crippen LogP contribution >= 0.6 is 0 Å².